The first-order chi connectivity index (χ1) is 14.2. The Bertz CT molecular complexity index is 1180. The number of rotatable bonds is 7. The fourth-order valence-corrected chi connectivity index (χ4v) is 6.24. The minimum Gasteiger partial charge on any atom is -0.396 e. The van der Waals surface area contributed by atoms with Crippen LogP contribution in [-0.4, -0.2) is 29.4 Å². The number of nitrogens with zero attached hydrogens (tertiary/aromatic N) is 1. The number of pyridine rings is 1. The summed E-state index contributed by atoms with van der Waals surface area (Å²) in [4.78, 5) is 12.9. The number of fused-ring (bicyclic) bond motifs is 1. The molecule has 3 N–H and O–H groups in total. The SMILES string of the molecule is Cn1c(Nc2ccc(I)cc2F)c(NS(=O)(=O)C2(CCO)CC2)c2c(c1=O)CCC2. The Labute approximate surface area is 187 Å². The maximum absolute atomic E-state index is 14.5. The zero-order valence-corrected chi connectivity index (χ0v) is 19.4. The fourth-order valence-electron chi connectivity index (χ4n) is 4.08. The van der Waals surface area contributed by atoms with Crippen molar-refractivity contribution in [1.29, 1.82) is 0 Å². The van der Waals surface area contributed by atoms with E-state index in [9.17, 15) is 22.7 Å². The molecule has 1 fully saturated rings. The number of aromatic nitrogens is 1. The number of nitrogens with one attached hydrogen (secondary N) is 2. The summed E-state index contributed by atoms with van der Waals surface area (Å²) < 4.78 is 44.6. The zero-order chi connectivity index (χ0) is 21.7. The summed E-state index contributed by atoms with van der Waals surface area (Å²) in [7, 11) is -2.26. The van der Waals surface area contributed by atoms with E-state index in [0.29, 0.717) is 42.5 Å². The summed E-state index contributed by atoms with van der Waals surface area (Å²) in [6, 6.07) is 4.64. The van der Waals surface area contributed by atoms with Crippen molar-refractivity contribution in [3.8, 4) is 0 Å². The van der Waals surface area contributed by atoms with E-state index in [1.54, 1.807) is 19.2 Å². The Hall–Kier alpha value is -1.66. The van der Waals surface area contributed by atoms with E-state index in [-0.39, 0.29) is 30.1 Å². The zero-order valence-electron chi connectivity index (χ0n) is 16.5. The second-order valence-corrected chi connectivity index (χ2v) is 11.2. The highest BCUT2D eigenvalue weighted by Gasteiger charge is 2.54. The predicted octanol–water partition coefficient (Wildman–Crippen LogP) is 3.02. The molecule has 0 aliphatic heterocycles. The predicted molar refractivity (Wildman–Crippen MR) is 122 cm³/mol. The third-order valence-corrected chi connectivity index (χ3v) is 8.92. The lowest BCUT2D eigenvalue weighted by atomic mass is 10.1. The van der Waals surface area contributed by atoms with Gasteiger partial charge in [0, 0.05) is 22.8 Å². The molecule has 10 heteroatoms. The van der Waals surface area contributed by atoms with Gasteiger partial charge in [-0.1, -0.05) is 0 Å². The average molecular weight is 547 g/mol. The third kappa shape index (κ3) is 3.62. The maximum atomic E-state index is 14.5. The minimum absolute atomic E-state index is 0.153. The van der Waals surface area contributed by atoms with Gasteiger partial charge in [0.25, 0.3) is 5.56 Å². The molecule has 0 radical (unpaired) electrons. The van der Waals surface area contributed by atoms with Crippen LogP contribution in [0.2, 0.25) is 0 Å². The third-order valence-electron chi connectivity index (χ3n) is 6.02. The van der Waals surface area contributed by atoms with E-state index >= 15 is 0 Å². The Morgan fingerprint density at radius 1 is 1.27 bits per heavy atom. The monoisotopic (exact) mass is 547 g/mol. The van der Waals surface area contributed by atoms with E-state index < -0.39 is 20.6 Å². The number of hydrogen-bond acceptors (Lipinski definition) is 5. The number of halogens is 2. The van der Waals surface area contributed by atoms with Crippen molar-refractivity contribution in [2.45, 2.75) is 43.3 Å². The van der Waals surface area contributed by atoms with Gasteiger partial charge in [-0.2, -0.15) is 0 Å². The lowest BCUT2D eigenvalue weighted by Crippen LogP contribution is -2.33. The van der Waals surface area contributed by atoms with Gasteiger partial charge < -0.3 is 10.4 Å². The molecule has 1 saturated carbocycles. The number of benzene rings is 1. The van der Waals surface area contributed by atoms with E-state index in [4.69, 9.17) is 0 Å². The first kappa shape index (κ1) is 21.6. The summed E-state index contributed by atoms with van der Waals surface area (Å²) in [6.45, 7) is -0.217. The molecular formula is C20H23FIN3O4S. The number of sulfonamides is 1. The Morgan fingerprint density at radius 3 is 2.60 bits per heavy atom. The molecule has 0 bridgehead atoms. The van der Waals surface area contributed by atoms with E-state index in [2.05, 4.69) is 10.0 Å². The topological polar surface area (TPSA) is 100 Å². The van der Waals surface area contributed by atoms with Gasteiger partial charge in [-0.15, -0.1) is 0 Å². The first-order valence-electron chi connectivity index (χ1n) is 9.79. The maximum Gasteiger partial charge on any atom is 0.255 e. The lowest BCUT2D eigenvalue weighted by Gasteiger charge is -2.23. The van der Waals surface area contributed by atoms with Gasteiger partial charge in [-0.05, 0) is 84.9 Å². The van der Waals surface area contributed by atoms with Crippen LogP contribution in [0.25, 0.3) is 0 Å². The fraction of sp³-hybridized carbons (Fsp3) is 0.450. The summed E-state index contributed by atoms with van der Waals surface area (Å²) in [5, 5.41) is 12.3. The van der Waals surface area contributed by atoms with Crippen LogP contribution in [0, 0.1) is 9.39 Å². The van der Waals surface area contributed by atoms with Gasteiger partial charge in [0.2, 0.25) is 10.0 Å². The van der Waals surface area contributed by atoms with Crippen LogP contribution in [0.15, 0.2) is 23.0 Å². The first-order valence-corrected chi connectivity index (χ1v) is 12.4. The van der Waals surface area contributed by atoms with E-state index in [0.717, 1.165) is 9.99 Å². The minimum atomic E-state index is -3.81. The van der Waals surface area contributed by atoms with Crippen molar-refractivity contribution in [1.82, 2.24) is 4.57 Å². The van der Waals surface area contributed by atoms with Gasteiger partial charge in [-0.3, -0.25) is 14.1 Å². The summed E-state index contributed by atoms with van der Waals surface area (Å²) in [5.41, 5.74) is 1.49. The molecule has 2 aliphatic rings. The van der Waals surface area contributed by atoms with Crippen LogP contribution in [0.5, 0.6) is 0 Å². The molecule has 4 rings (SSSR count). The highest BCUT2D eigenvalue weighted by Crippen LogP contribution is 2.48. The lowest BCUT2D eigenvalue weighted by molar-refractivity contribution is 0.283. The molecule has 0 spiro atoms. The molecule has 0 amide bonds. The molecule has 0 atom stereocenters. The van der Waals surface area contributed by atoms with E-state index in [1.807, 2.05) is 22.6 Å². The van der Waals surface area contributed by atoms with Crippen molar-refractivity contribution in [3.63, 3.8) is 0 Å². The van der Waals surface area contributed by atoms with Crippen LogP contribution in [-0.2, 0) is 29.9 Å². The van der Waals surface area contributed by atoms with Crippen LogP contribution in [0.3, 0.4) is 0 Å². The molecule has 1 heterocycles. The normalized spacial score (nSPS) is 16.9. The second kappa shape index (κ2) is 7.79. The van der Waals surface area contributed by atoms with Crippen molar-refractivity contribution >= 4 is 49.8 Å². The van der Waals surface area contributed by atoms with Crippen LogP contribution >= 0.6 is 22.6 Å². The summed E-state index contributed by atoms with van der Waals surface area (Å²) in [6.07, 6.45) is 3.01. The number of anilines is 3. The largest absolute Gasteiger partial charge is 0.396 e. The number of aliphatic hydroxyl groups is 1. The molecule has 7 nitrogen and oxygen atoms in total. The van der Waals surface area contributed by atoms with E-state index in [1.165, 1.54) is 10.6 Å². The highest BCUT2D eigenvalue weighted by molar-refractivity contribution is 14.1. The van der Waals surface area contributed by atoms with Crippen molar-refractivity contribution in [2.24, 2.45) is 7.05 Å². The Morgan fingerprint density at radius 2 is 1.97 bits per heavy atom. The summed E-state index contributed by atoms with van der Waals surface area (Å²) in [5.74, 6) is -0.285. The quantitative estimate of drug-likeness (QED) is 0.463. The molecule has 0 unspecified atom stereocenters. The van der Waals surface area contributed by atoms with Gasteiger partial charge in [-0.25, -0.2) is 12.8 Å². The van der Waals surface area contributed by atoms with Crippen molar-refractivity contribution < 1.29 is 17.9 Å². The smallest absolute Gasteiger partial charge is 0.255 e. The second-order valence-electron chi connectivity index (χ2n) is 7.91. The molecule has 162 valence electrons. The van der Waals surface area contributed by atoms with Gasteiger partial charge >= 0.3 is 0 Å². The van der Waals surface area contributed by atoms with Crippen LogP contribution in [0.1, 0.15) is 36.8 Å². The average Bonchev–Trinajstić information content (AvgIpc) is 3.32. The molecular weight excluding hydrogens is 524 g/mol. The molecule has 1 aromatic heterocycles. The number of hydrogen-bond donors (Lipinski definition) is 3. The molecule has 2 aliphatic carbocycles. The summed E-state index contributed by atoms with van der Waals surface area (Å²) >= 11 is 2.00. The highest BCUT2D eigenvalue weighted by atomic mass is 127. The Balaban J connectivity index is 1.84. The van der Waals surface area contributed by atoms with Gasteiger partial charge in [0.05, 0.1) is 16.1 Å². The van der Waals surface area contributed by atoms with Crippen molar-refractivity contribution in [2.75, 3.05) is 16.6 Å². The van der Waals surface area contributed by atoms with Gasteiger partial charge in [0.1, 0.15) is 11.6 Å². The van der Waals surface area contributed by atoms with Crippen molar-refractivity contribution in [3.05, 3.63) is 49.1 Å². The number of aliphatic hydroxyl groups excluding tert-OH is 1. The Kier molecular flexibility index (Phi) is 5.60. The standard InChI is InChI=1S/C20H23FIN3O4S/c1-25-18(23-16-6-5-12(22)11-15(16)21)17(13-3-2-4-14(13)19(25)27)24-30(28,29)20(7-8-20)9-10-26/h5-6,11,23-24,26H,2-4,7-10H2,1H3. The van der Waals surface area contributed by atoms with Crippen LogP contribution < -0.4 is 15.6 Å². The molecule has 30 heavy (non-hydrogen) atoms. The molecule has 2 aromatic rings. The molecule has 0 saturated heterocycles. The van der Waals surface area contributed by atoms with Gasteiger partial charge in [0.15, 0.2) is 0 Å². The molecule has 1 aromatic carbocycles. The van der Waals surface area contributed by atoms with Crippen LogP contribution in [0.4, 0.5) is 21.6 Å².